The standard InChI is InChI=1S/C20H27N3O2/c1-15(2)19-18(20(24)22-11-9-17(25-3)10-12-22)13-21-23(19)14-16-7-5-4-6-8-16/h4-8,13,15,17H,9-12,14H2,1-3H3. The number of piperidine rings is 1. The highest BCUT2D eigenvalue weighted by Crippen LogP contribution is 2.24. The van der Waals surface area contributed by atoms with Crippen LogP contribution in [-0.4, -0.2) is 46.9 Å². The average molecular weight is 341 g/mol. The molecule has 1 fully saturated rings. The van der Waals surface area contributed by atoms with Crippen molar-refractivity contribution in [3.8, 4) is 0 Å². The van der Waals surface area contributed by atoms with E-state index in [0.717, 1.165) is 37.2 Å². The van der Waals surface area contributed by atoms with E-state index in [1.54, 1.807) is 13.3 Å². The molecule has 1 amide bonds. The molecule has 2 heterocycles. The Balaban J connectivity index is 1.81. The number of hydrogen-bond acceptors (Lipinski definition) is 3. The summed E-state index contributed by atoms with van der Waals surface area (Å²) in [6.07, 6.45) is 3.81. The summed E-state index contributed by atoms with van der Waals surface area (Å²) < 4.78 is 7.37. The van der Waals surface area contributed by atoms with Crippen LogP contribution in [0.15, 0.2) is 36.5 Å². The molecule has 1 aliphatic heterocycles. The van der Waals surface area contributed by atoms with Gasteiger partial charge in [-0.2, -0.15) is 5.10 Å². The molecule has 0 atom stereocenters. The third-order valence-corrected chi connectivity index (χ3v) is 4.90. The highest BCUT2D eigenvalue weighted by atomic mass is 16.5. The van der Waals surface area contributed by atoms with Gasteiger partial charge in [0, 0.05) is 20.2 Å². The van der Waals surface area contributed by atoms with Gasteiger partial charge in [0.1, 0.15) is 0 Å². The van der Waals surface area contributed by atoms with Gasteiger partial charge in [-0.3, -0.25) is 9.48 Å². The summed E-state index contributed by atoms with van der Waals surface area (Å²) in [6, 6.07) is 10.2. The van der Waals surface area contributed by atoms with Gasteiger partial charge in [0.05, 0.1) is 30.1 Å². The average Bonchev–Trinajstić information content (AvgIpc) is 3.06. The Labute approximate surface area is 149 Å². The second-order valence-corrected chi connectivity index (χ2v) is 6.97. The first-order chi connectivity index (χ1) is 12.1. The molecular formula is C20H27N3O2. The summed E-state index contributed by atoms with van der Waals surface area (Å²) in [6.45, 7) is 6.42. The lowest BCUT2D eigenvalue weighted by atomic mass is 10.0. The third-order valence-electron chi connectivity index (χ3n) is 4.90. The minimum atomic E-state index is 0.0950. The van der Waals surface area contributed by atoms with E-state index in [1.165, 1.54) is 5.56 Å². The number of methoxy groups -OCH3 is 1. The van der Waals surface area contributed by atoms with E-state index >= 15 is 0 Å². The van der Waals surface area contributed by atoms with Gasteiger partial charge in [0.25, 0.3) is 5.91 Å². The Morgan fingerprint density at radius 3 is 2.52 bits per heavy atom. The van der Waals surface area contributed by atoms with E-state index < -0.39 is 0 Å². The van der Waals surface area contributed by atoms with Gasteiger partial charge in [0.2, 0.25) is 0 Å². The van der Waals surface area contributed by atoms with E-state index in [9.17, 15) is 4.79 Å². The molecule has 1 saturated heterocycles. The fourth-order valence-electron chi connectivity index (χ4n) is 3.52. The smallest absolute Gasteiger partial charge is 0.257 e. The van der Waals surface area contributed by atoms with Crippen LogP contribution in [0.4, 0.5) is 0 Å². The highest BCUT2D eigenvalue weighted by molar-refractivity contribution is 5.95. The summed E-state index contributed by atoms with van der Waals surface area (Å²) in [4.78, 5) is 15.0. The largest absolute Gasteiger partial charge is 0.381 e. The number of carbonyl (C=O) groups is 1. The van der Waals surface area contributed by atoms with Crippen LogP contribution < -0.4 is 0 Å². The first kappa shape index (κ1) is 17.7. The lowest BCUT2D eigenvalue weighted by molar-refractivity contribution is 0.0350. The molecule has 1 aromatic carbocycles. The predicted octanol–water partition coefficient (Wildman–Crippen LogP) is 3.31. The molecular weight excluding hydrogens is 314 g/mol. The van der Waals surface area contributed by atoms with Crippen LogP contribution in [0.1, 0.15) is 54.2 Å². The van der Waals surface area contributed by atoms with Crippen LogP contribution in [0, 0.1) is 0 Å². The molecule has 5 nitrogen and oxygen atoms in total. The minimum absolute atomic E-state index is 0.0950. The molecule has 0 bridgehead atoms. The molecule has 0 saturated carbocycles. The van der Waals surface area contributed by atoms with Gasteiger partial charge in [-0.05, 0) is 24.3 Å². The van der Waals surface area contributed by atoms with E-state index in [4.69, 9.17) is 4.74 Å². The van der Waals surface area contributed by atoms with E-state index in [2.05, 4.69) is 31.1 Å². The van der Waals surface area contributed by atoms with Gasteiger partial charge < -0.3 is 9.64 Å². The van der Waals surface area contributed by atoms with Gasteiger partial charge in [-0.25, -0.2) is 0 Å². The normalized spacial score (nSPS) is 15.8. The van der Waals surface area contributed by atoms with Crippen molar-refractivity contribution >= 4 is 5.91 Å². The summed E-state index contributed by atoms with van der Waals surface area (Å²) in [7, 11) is 1.74. The van der Waals surface area contributed by atoms with Crippen LogP contribution in [0.5, 0.6) is 0 Å². The minimum Gasteiger partial charge on any atom is -0.381 e. The third kappa shape index (κ3) is 3.93. The molecule has 0 radical (unpaired) electrons. The maximum Gasteiger partial charge on any atom is 0.257 e. The molecule has 0 N–H and O–H groups in total. The number of nitrogens with zero attached hydrogens (tertiary/aromatic N) is 3. The van der Waals surface area contributed by atoms with Gasteiger partial charge >= 0.3 is 0 Å². The Morgan fingerprint density at radius 2 is 1.92 bits per heavy atom. The molecule has 2 aromatic rings. The zero-order valence-electron chi connectivity index (χ0n) is 15.3. The fourth-order valence-corrected chi connectivity index (χ4v) is 3.52. The van der Waals surface area contributed by atoms with Crippen molar-refractivity contribution in [2.75, 3.05) is 20.2 Å². The molecule has 3 rings (SSSR count). The summed E-state index contributed by atoms with van der Waals surface area (Å²) in [5, 5.41) is 4.52. The van der Waals surface area contributed by atoms with Crippen LogP contribution >= 0.6 is 0 Å². The Kier molecular flexibility index (Phi) is 5.53. The number of aromatic nitrogens is 2. The maximum atomic E-state index is 13.0. The zero-order valence-corrected chi connectivity index (χ0v) is 15.3. The zero-order chi connectivity index (χ0) is 17.8. The Morgan fingerprint density at radius 1 is 1.24 bits per heavy atom. The van der Waals surface area contributed by atoms with Crippen molar-refractivity contribution in [3.63, 3.8) is 0 Å². The molecule has 1 aliphatic rings. The van der Waals surface area contributed by atoms with Crippen molar-refractivity contribution in [3.05, 3.63) is 53.3 Å². The number of likely N-dealkylation sites (tertiary alicyclic amines) is 1. The Hall–Kier alpha value is -2.14. The number of benzene rings is 1. The number of ether oxygens (including phenoxy) is 1. The van der Waals surface area contributed by atoms with Crippen LogP contribution in [0.25, 0.3) is 0 Å². The molecule has 1 aromatic heterocycles. The number of carbonyl (C=O) groups excluding carboxylic acids is 1. The van der Waals surface area contributed by atoms with E-state index in [1.807, 2.05) is 27.8 Å². The second-order valence-electron chi connectivity index (χ2n) is 6.97. The van der Waals surface area contributed by atoms with Crippen LogP contribution in [0.2, 0.25) is 0 Å². The predicted molar refractivity (Wildman–Crippen MR) is 97.8 cm³/mol. The van der Waals surface area contributed by atoms with Crippen molar-refractivity contribution in [2.24, 2.45) is 0 Å². The molecule has 5 heteroatoms. The van der Waals surface area contributed by atoms with Crippen LogP contribution in [-0.2, 0) is 11.3 Å². The van der Waals surface area contributed by atoms with E-state index in [-0.39, 0.29) is 17.9 Å². The Bertz CT molecular complexity index is 701. The number of amides is 1. The maximum absolute atomic E-state index is 13.0. The number of hydrogen-bond donors (Lipinski definition) is 0. The molecule has 0 aliphatic carbocycles. The van der Waals surface area contributed by atoms with E-state index in [0.29, 0.717) is 6.54 Å². The summed E-state index contributed by atoms with van der Waals surface area (Å²) >= 11 is 0. The highest BCUT2D eigenvalue weighted by Gasteiger charge is 2.27. The first-order valence-electron chi connectivity index (χ1n) is 9.01. The summed E-state index contributed by atoms with van der Waals surface area (Å²) in [5.74, 6) is 0.333. The number of rotatable bonds is 5. The molecule has 0 unspecified atom stereocenters. The quantitative estimate of drug-likeness (QED) is 0.838. The van der Waals surface area contributed by atoms with Crippen molar-refractivity contribution in [1.82, 2.24) is 14.7 Å². The van der Waals surface area contributed by atoms with Gasteiger partial charge in [-0.1, -0.05) is 44.2 Å². The molecule has 0 spiro atoms. The molecule has 134 valence electrons. The van der Waals surface area contributed by atoms with Crippen LogP contribution in [0.3, 0.4) is 0 Å². The lowest BCUT2D eigenvalue weighted by Crippen LogP contribution is -2.40. The molecule has 25 heavy (non-hydrogen) atoms. The SMILES string of the molecule is COC1CCN(C(=O)c2cnn(Cc3ccccc3)c2C(C)C)CC1. The first-order valence-corrected chi connectivity index (χ1v) is 9.01. The summed E-state index contributed by atoms with van der Waals surface area (Å²) in [5.41, 5.74) is 2.94. The van der Waals surface area contributed by atoms with Crippen molar-refractivity contribution in [1.29, 1.82) is 0 Å². The van der Waals surface area contributed by atoms with Crippen molar-refractivity contribution in [2.45, 2.75) is 45.3 Å². The van der Waals surface area contributed by atoms with Gasteiger partial charge in [0.15, 0.2) is 0 Å². The second kappa shape index (κ2) is 7.83. The monoisotopic (exact) mass is 341 g/mol. The van der Waals surface area contributed by atoms with Crippen molar-refractivity contribution < 1.29 is 9.53 Å². The van der Waals surface area contributed by atoms with Gasteiger partial charge in [-0.15, -0.1) is 0 Å². The fraction of sp³-hybridized carbons (Fsp3) is 0.500. The lowest BCUT2D eigenvalue weighted by Gasteiger charge is -2.31. The topological polar surface area (TPSA) is 47.4 Å².